The van der Waals surface area contributed by atoms with Crippen LogP contribution in [-0.2, 0) is 5.41 Å². The van der Waals surface area contributed by atoms with E-state index in [1.54, 1.807) is 11.0 Å². The van der Waals surface area contributed by atoms with Gasteiger partial charge >= 0.3 is 0 Å². The summed E-state index contributed by atoms with van der Waals surface area (Å²) < 4.78 is 6.07. The van der Waals surface area contributed by atoms with E-state index in [0.717, 1.165) is 22.4 Å². The summed E-state index contributed by atoms with van der Waals surface area (Å²) in [6.45, 7) is 10.4. The molecule has 5 rings (SSSR count). The first-order valence-electron chi connectivity index (χ1n) is 11.2. The maximum atomic E-state index is 13.7. The minimum atomic E-state index is -0.551. The van der Waals surface area contributed by atoms with Crippen LogP contribution in [0.25, 0.3) is 11.0 Å². The summed E-state index contributed by atoms with van der Waals surface area (Å²) in [5.74, 6) is -0.164. The zero-order valence-electron chi connectivity index (χ0n) is 19.6. The number of amides is 1. The lowest BCUT2D eigenvalue weighted by Crippen LogP contribution is -2.29. The number of hydrogen-bond acceptors (Lipinski definition) is 3. The molecule has 1 aromatic heterocycles. The first-order valence-corrected chi connectivity index (χ1v) is 11.2. The van der Waals surface area contributed by atoms with Crippen molar-refractivity contribution in [3.63, 3.8) is 0 Å². The maximum Gasteiger partial charge on any atom is 0.295 e. The minimum Gasteiger partial charge on any atom is -0.450 e. The van der Waals surface area contributed by atoms with Crippen LogP contribution in [-0.4, -0.2) is 5.91 Å². The van der Waals surface area contributed by atoms with E-state index in [4.69, 9.17) is 4.42 Å². The summed E-state index contributed by atoms with van der Waals surface area (Å²) in [6.07, 6.45) is 0. The van der Waals surface area contributed by atoms with Crippen molar-refractivity contribution in [2.45, 2.75) is 46.1 Å². The third-order valence-electron chi connectivity index (χ3n) is 6.40. The summed E-state index contributed by atoms with van der Waals surface area (Å²) in [7, 11) is 0. The van der Waals surface area contributed by atoms with E-state index >= 15 is 0 Å². The van der Waals surface area contributed by atoms with Crippen LogP contribution < -0.4 is 10.3 Å². The molecule has 0 spiro atoms. The Labute approximate surface area is 193 Å². The van der Waals surface area contributed by atoms with Crippen molar-refractivity contribution in [2.75, 3.05) is 4.90 Å². The van der Waals surface area contributed by atoms with E-state index in [1.165, 1.54) is 5.56 Å². The molecular formula is C29H27NO3. The van der Waals surface area contributed by atoms with Gasteiger partial charge in [0, 0.05) is 5.69 Å². The molecule has 1 atom stereocenters. The molecule has 0 bridgehead atoms. The van der Waals surface area contributed by atoms with Gasteiger partial charge in [-0.2, -0.15) is 0 Å². The Bertz CT molecular complexity index is 1460. The van der Waals surface area contributed by atoms with Crippen LogP contribution in [0.3, 0.4) is 0 Å². The Morgan fingerprint density at radius 1 is 0.848 bits per heavy atom. The normalized spacial score (nSPS) is 15.8. The molecule has 0 aliphatic carbocycles. The number of rotatable bonds is 2. The van der Waals surface area contributed by atoms with Gasteiger partial charge in [-0.1, -0.05) is 68.8 Å². The van der Waals surface area contributed by atoms with E-state index in [1.807, 2.05) is 62.4 Å². The van der Waals surface area contributed by atoms with Crippen molar-refractivity contribution in [1.29, 1.82) is 0 Å². The summed E-state index contributed by atoms with van der Waals surface area (Å²) in [4.78, 5) is 29.1. The van der Waals surface area contributed by atoms with Gasteiger partial charge in [-0.05, 0) is 60.2 Å². The molecule has 166 valence electrons. The molecule has 1 aliphatic heterocycles. The number of hydrogen-bond donors (Lipinski definition) is 0. The monoisotopic (exact) mass is 437 g/mol. The maximum absolute atomic E-state index is 13.7. The summed E-state index contributed by atoms with van der Waals surface area (Å²) in [6, 6.07) is 20.9. The third kappa shape index (κ3) is 3.46. The summed E-state index contributed by atoms with van der Waals surface area (Å²) in [5, 5.41) is 0.504. The van der Waals surface area contributed by atoms with Crippen LogP contribution in [0.15, 0.2) is 75.9 Å². The van der Waals surface area contributed by atoms with Gasteiger partial charge in [-0.15, -0.1) is 0 Å². The first-order chi connectivity index (χ1) is 15.6. The predicted molar refractivity (Wildman–Crippen MR) is 132 cm³/mol. The number of aryl methyl sites for hydroxylation is 2. The zero-order chi connectivity index (χ0) is 23.5. The average molecular weight is 438 g/mol. The third-order valence-corrected chi connectivity index (χ3v) is 6.40. The molecule has 0 radical (unpaired) electrons. The smallest absolute Gasteiger partial charge is 0.295 e. The quantitative estimate of drug-likeness (QED) is 0.362. The van der Waals surface area contributed by atoms with Crippen LogP contribution in [0.5, 0.6) is 0 Å². The van der Waals surface area contributed by atoms with Gasteiger partial charge in [0.05, 0.1) is 17.0 Å². The Balaban J connectivity index is 1.78. The molecule has 1 aliphatic rings. The summed E-state index contributed by atoms with van der Waals surface area (Å²) in [5.41, 5.74) is 5.53. The Morgan fingerprint density at radius 2 is 1.55 bits per heavy atom. The molecule has 1 unspecified atom stereocenters. The molecule has 33 heavy (non-hydrogen) atoms. The van der Waals surface area contributed by atoms with Crippen molar-refractivity contribution in [3.05, 3.63) is 111 Å². The van der Waals surface area contributed by atoms with Crippen LogP contribution in [0.2, 0.25) is 0 Å². The first kappa shape index (κ1) is 21.2. The second-order valence-electron chi connectivity index (χ2n) is 9.96. The van der Waals surface area contributed by atoms with Crippen molar-refractivity contribution in [3.8, 4) is 0 Å². The predicted octanol–water partition coefficient (Wildman–Crippen LogP) is 6.46. The lowest BCUT2D eigenvalue weighted by Gasteiger charge is -2.26. The highest BCUT2D eigenvalue weighted by atomic mass is 16.3. The lowest BCUT2D eigenvalue weighted by molar-refractivity contribution is 0.0971. The molecule has 0 saturated heterocycles. The van der Waals surface area contributed by atoms with E-state index in [-0.39, 0.29) is 22.5 Å². The molecule has 0 fully saturated rings. The molecule has 2 heterocycles. The fourth-order valence-electron chi connectivity index (χ4n) is 4.61. The number of anilines is 1. The molecule has 0 saturated carbocycles. The standard InChI is InChI=1S/C29H27NO3/c1-17-7-6-8-21(15-17)30-25(19-10-12-20(13-11-19)29(3,4)5)24-26(31)22-16-18(2)9-14-23(22)33-27(24)28(30)32/h6-16,25H,1-5H3. The van der Waals surface area contributed by atoms with Crippen molar-refractivity contribution in [2.24, 2.45) is 0 Å². The van der Waals surface area contributed by atoms with Crippen LogP contribution >= 0.6 is 0 Å². The van der Waals surface area contributed by atoms with Gasteiger partial charge in [-0.25, -0.2) is 0 Å². The minimum absolute atomic E-state index is 0.00488. The van der Waals surface area contributed by atoms with E-state index in [9.17, 15) is 9.59 Å². The Morgan fingerprint density at radius 3 is 2.21 bits per heavy atom. The van der Waals surface area contributed by atoms with E-state index in [2.05, 4.69) is 32.9 Å². The van der Waals surface area contributed by atoms with Gasteiger partial charge in [0.2, 0.25) is 5.76 Å². The highest BCUT2D eigenvalue weighted by molar-refractivity contribution is 6.10. The van der Waals surface area contributed by atoms with E-state index in [0.29, 0.717) is 16.5 Å². The molecular weight excluding hydrogens is 410 g/mol. The van der Waals surface area contributed by atoms with Gasteiger partial charge in [0.1, 0.15) is 5.58 Å². The van der Waals surface area contributed by atoms with Crippen LogP contribution in [0.1, 0.15) is 65.2 Å². The highest BCUT2D eigenvalue weighted by Crippen LogP contribution is 2.41. The molecule has 4 nitrogen and oxygen atoms in total. The van der Waals surface area contributed by atoms with Gasteiger partial charge in [0.25, 0.3) is 5.91 Å². The number of carbonyl (C=O) groups is 1. The fraction of sp³-hybridized carbons (Fsp3) is 0.241. The lowest BCUT2D eigenvalue weighted by atomic mass is 9.85. The summed E-state index contributed by atoms with van der Waals surface area (Å²) >= 11 is 0. The second-order valence-corrected chi connectivity index (χ2v) is 9.96. The molecule has 4 heteroatoms. The van der Waals surface area contributed by atoms with Crippen molar-refractivity contribution < 1.29 is 9.21 Å². The van der Waals surface area contributed by atoms with Gasteiger partial charge < -0.3 is 4.42 Å². The Kier molecular flexibility index (Phi) is 4.78. The number of carbonyl (C=O) groups excluding carboxylic acids is 1. The van der Waals surface area contributed by atoms with E-state index < -0.39 is 6.04 Å². The van der Waals surface area contributed by atoms with Gasteiger partial charge in [0.15, 0.2) is 5.43 Å². The average Bonchev–Trinajstić information content (AvgIpc) is 3.06. The van der Waals surface area contributed by atoms with Crippen LogP contribution in [0, 0.1) is 13.8 Å². The highest BCUT2D eigenvalue weighted by Gasteiger charge is 2.43. The van der Waals surface area contributed by atoms with Gasteiger partial charge in [-0.3, -0.25) is 14.5 Å². The molecule has 4 aromatic rings. The number of nitrogens with zero attached hydrogens (tertiary/aromatic N) is 1. The van der Waals surface area contributed by atoms with Crippen LogP contribution in [0.4, 0.5) is 5.69 Å². The van der Waals surface area contributed by atoms with Crippen molar-refractivity contribution >= 4 is 22.6 Å². The fourth-order valence-corrected chi connectivity index (χ4v) is 4.61. The molecule has 3 aromatic carbocycles. The SMILES string of the molecule is Cc1cccc(N2C(=O)c3oc4ccc(C)cc4c(=O)c3C2c2ccc(C(C)(C)C)cc2)c1. The zero-order valence-corrected chi connectivity index (χ0v) is 19.6. The van der Waals surface area contributed by atoms with Crippen molar-refractivity contribution in [1.82, 2.24) is 0 Å². The Hall–Kier alpha value is -3.66. The molecule has 1 amide bonds. The second kappa shape index (κ2) is 7.45. The molecule has 0 N–H and O–H groups in total. The number of benzene rings is 3. The topological polar surface area (TPSA) is 50.5 Å². The number of fused-ring (bicyclic) bond motifs is 2. The largest absolute Gasteiger partial charge is 0.450 e.